The number of methoxy groups -OCH3 is 2. The van der Waals surface area contributed by atoms with Crippen LogP contribution in [0.4, 0.5) is 5.69 Å². The maximum absolute atomic E-state index is 11.0. The smallest absolute Gasteiger partial charge is 0.150 e. The Morgan fingerprint density at radius 3 is 1.05 bits per heavy atom. The molecular weight excluding hydrogens is 538 g/mol. The van der Waals surface area contributed by atoms with Crippen LogP contribution in [0.3, 0.4) is 0 Å². The van der Waals surface area contributed by atoms with Crippen molar-refractivity contribution in [1.82, 2.24) is 0 Å². The van der Waals surface area contributed by atoms with Gasteiger partial charge < -0.3 is 52.3 Å². The molecule has 12 nitrogen and oxygen atoms in total. The first-order chi connectivity index (χ1) is 20.3. The molecule has 0 aliphatic carbocycles. The predicted molar refractivity (Wildman–Crippen MR) is 154 cm³/mol. The highest BCUT2D eigenvalue weighted by Crippen LogP contribution is 2.14. The molecule has 0 unspecified atom stereocenters. The molecule has 0 N–H and O–H groups in total. The number of nitrogens with zero attached hydrogens (tertiary/aromatic N) is 1. The summed E-state index contributed by atoms with van der Waals surface area (Å²) in [5, 5.41) is 0. The van der Waals surface area contributed by atoms with Gasteiger partial charge in [0.15, 0.2) is 0 Å². The van der Waals surface area contributed by atoms with Crippen LogP contribution in [0, 0.1) is 0 Å². The van der Waals surface area contributed by atoms with Crippen LogP contribution in [0.2, 0.25) is 0 Å². The van der Waals surface area contributed by atoms with Gasteiger partial charge in [0.25, 0.3) is 0 Å². The Morgan fingerprint density at radius 1 is 0.463 bits per heavy atom. The van der Waals surface area contributed by atoms with Gasteiger partial charge in [0.2, 0.25) is 0 Å². The highest BCUT2D eigenvalue weighted by molar-refractivity contribution is 5.75. The number of ether oxygens (including phenoxy) is 10. The zero-order valence-electron chi connectivity index (χ0n) is 25.0. The van der Waals surface area contributed by atoms with Crippen molar-refractivity contribution in [2.45, 2.75) is 0 Å². The summed E-state index contributed by atoms with van der Waals surface area (Å²) in [5.41, 5.74) is 1.64. The van der Waals surface area contributed by atoms with Crippen molar-refractivity contribution in [3.05, 3.63) is 29.8 Å². The maximum atomic E-state index is 11.0. The van der Waals surface area contributed by atoms with E-state index in [2.05, 4.69) is 4.90 Å². The summed E-state index contributed by atoms with van der Waals surface area (Å²) in [5.74, 6) is 0. The summed E-state index contributed by atoms with van der Waals surface area (Å²) in [6.07, 6.45) is 0.837. The van der Waals surface area contributed by atoms with Crippen molar-refractivity contribution >= 4 is 12.0 Å². The van der Waals surface area contributed by atoms with Gasteiger partial charge in [0.05, 0.1) is 119 Å². The molecule has 0 spiro atoms. The van der Waals surface area contributed by atoms with E-state index in [1.807, 2.05) is 12.1 Å². The van der Waals surface area contributed by atoms with E-state index in [4.69, 9.17) is 47.4 Å². The molecule has 0 bridgehead atoms. The number of rotatable bonds is 32. The number of carbonyl (C=O) groups excluding carboxylic acids is 1. The summed E-state index contributed by atoms with van der Waals surface area (Å²) in [7, 11) is 3.29. The first kappa shape index (κ1) is 37.3. The van der Waals surface area contributed by atoms with Crippen LogP contribution < -0.4 is 4.90 Å². The lowest BCUT2D eigenvalue weighted by Crippen LogP contribution is -2.31. The first-order valence-corrected chi connectivity index (χ1v) is 14.2. The van der Waals surface area contributed by atoms with Crippen LogP contribution in [-0.4, -0.2) is 153 Å². The Hall–Kier alpha value is -1.71. The summed E-state index contributed by atoms with van der Waals surface area (Å²) in [6.45, 7) is 10.9. The Bertz CT molecular complexity index is 649. The average molecular weight is 590 g/mol. The van der Waals surface area contributed by atoms with Crippen molar-refractivity contribution in [3.8, 4) is 0 Å². The third kappa shape index (κ3) is 23.5. The monoisotopic (exact) mass is 589 g/mol. The molecule has 0 heterocycles. The number of carbonyl (C=O) groups is 1. The van der Waals surface area contributed by atoms with Crippen LogP contribution in [0.1, 0.15) is 10.4 Å². The zero-order valence-corrected chi connectivity index (χ0v) is 25.0. The van der Waals surface area contributed by atoms with Crippen molar-refractivity contribution < 1.29 is 52.2 Å². The second-order valence-electron chi connectivity index (χ2n) is 8.58. The molecule has 0 fully saturated rings. The maximum Gasteiger partial charge on any atom is 0.150 e. The highest BCUT2D eigenvalue weighted by Gasteiger charge is 2.07. The molecule has 0 radical (unpaired) electrons. The average Bonchev–Trinajstić information content (AvgIpc) is 3.00. The van der Waals surface area contributed by atoms with Crippen LogP contribution in [0.25, 0.3) is 0 Å². The standard InChI is InChI=1S/C29H51NO11/c1-32-11-13-36-19-21-40-25-23-38-17-15-34-9-7-30(29-5-3-28(27-31)4-6-29)8-10-35-16-18-39-24-26-41-22-20-37-14-12-33-2/h3-6,27H,7-26H2,1-2H3. The molecule has 0 atom stereocenters. The number of benzene rings is 1. The van der Waals surface area contributed by atoms with Crippen molar-refractivity contribution in [2.75, 3.05) is 151 Å². The van der Waals surface area contributed by atoms with Crippen molar-refractivity contribution in [3.63, 3.8) is 0 Å². The summed E-state index contributed by atoms with van der Waals surface area (Å²) < 4.78 is 54.0. The summed E-state index contributed by atoms with van der Waals surface area (Å²) >= 11 is 0. The minimum atomic E-state index is 0.496. The Labute approximate surface area is 245 Å². The van der Waals surface area contributed by atoms with Crippen molar-refractivity contribution in [2.24, 2.45) is 0 Å². The minimum absolute atomic E-state index is 0.496. The van der Waals surface area contributed by atoms with Crippen molar-refractivity contribution in [1.29, 1.82) is 0 Å². The van der Waals surface area contributed by atoms with Gasteiger partial charge >= 0.3 is 0 Å². The quantitative estimate of drug-likeness (QED) is 0.0901. The molecule has 0 aromatic heterocycles. The highest BCUT2D eigenvalue weighted by atomic mass is 16.6. The predicted octanol–water partition coefficient (Wildman–Crippen LogP) is 1.73. The van der Waals surface area contributed by atoms with Gasteiger partial charge in [0.1, 0.15) is 6.29 Å². The number of hydrogen-bond acceptors (Lipinski definition) is 12. The SMILES string of the molecule is COCCOCCOCCOCCOCCN(CCOCCOCCOCCOCCOC)c1ccc(C=O)cc1. The molecule has 1 aromatic carbocycles. The van der Waals surface area contributed by atoms with E-state index in [1.54, 1.807) is 26.4 Å². The minimum Gasteiger partial charge on any atom is -0.382 e. The zero-order chi connectivity index (χ0) is 29.5. The lowest BCUT2D eigenvalue weighted by molar-refractivity contribution is -0.00813. The van der Waals surface area contributed by atoms with Gasteiger partial charge in [-0.05, 0) is 24.3 Å². The number of hydrogen-bond donors (Lipinski definition) is 0. The van der Waals surface area contributed by atoms with Gasteiger partial charge in [-0.15, -0.1) is 0 Å². The van der Waals surface area contributed by atoms with E-state index < -0.39 is 0 Å². The van der Waals surface area contributed by atoms with E-state index in [0.29, 0.717) is 138 Å². The number of aldehydes is 1. The van der Waals surface area contributed by atoms with Gasteiger partial charge in [-0.25, -0.2) is 0 Å². The molecular formula is C29H51NO11. The van der Waals surface area contributed by atoms with Gasteiger partial charge in [-0.3, -0.25) is 4.79 Å². The van der Waals surface area contributed by atoms with Crippen LogP contribution in [-0.2, 0) is 47.4 Å². The summed E-state index contributed by atoms with van der Waals surface area (Å²) in [4.78, 5) is 13.2. The third-order valence-electron chi connectivity index (χ3n) is 5.50. The molecule has 238 valence electrons. The Morgan fingerprint density at radius 2 is 0.756 bits per heavy atom. The molecule has 0 aliphatic heterocycles. The molecule has 41 heavy (non-hydrogen) atoms. The van der Waals surface area contributed by atoms with Crippen LogP contribution in [0.15, 0.2) is 24.3 Å². The molecule has 1 aromatic rings. The van der Waals surface area contributed by atoms with Gasteiger partial charge in [0, 0.05) is 38.6 Å². The van der Waals surface area contributed by atoms with Gasteiger partial charge in [-0.2, -0.15) is 0 Å². The first-order valence-electron chi connectivity index (χ1n) is 14.2. The van der Waals surface area contributed by atoms with E-state index in [9.17, 15) is 4.79 Å². The fourth-order valence-corrected chi connectivity index (χ4v) is 3.29. The summed E-state index contributed by atoms with van der Waals surface area (Å²) in [6, 6.07) is 7.48. The van der Waals surface area contributed by atoms with E-state index >= 15 is 0 Å². The molecule has 0 amide bonds. The van der Waals surface area contributed by atoms with Gasteiger partial charge in [-0.1, -0.05) is 0 Å². The molecule has 0 saturated carbocycles. The Balaban J connectivity index is 2.10. The fraction of sp³-hybridized carbons (Fsp3) is 0.759. The molecule has 0 saturated heterocycles. The topological polar surface area (TPSA) is 113 Å². The molecule has 12 heteroatoms. The lowest BCUT2D eigenvalue weighted by Gasteiger charge is -2.25. The van der Waals surface area contributed by atoms with Crippen LogP contribution in [0.5, 0.6) is 0 Å². The van der Waals surface area contributed by atoms with Crippen LogP contribution >= 0.6 is 0 Å². The third-order valence-corrected chi connectivity index (χ3v) is 5.50. The Kier molecular flexibility index (Phi) is 27.1. The van der Waals surface area contributed by atoms with E-state index in [-0.39, 0.29) is 0 Å². The fourth-order valence-electron chi connectivity index (χ4n) is 3.29. The number of anilines is 1. The second kappa shape index (κ2) is 29.8. The lowest BCUT2D eigenvalue weighted by atomic mass is 10.2. The van der Waals surface area contributed by atoms with E-state index in [1.165, 1.54) is 0 Å². The largest absolute Gasteiger partial charge is 0.382 e. The normalized spacial score (nSPS) is 11.3. The molecule has 0 aliphatic rings. The second-order valence-corrected chi connectivity index (χ2v) is 8.58. The van der Waals surface area contributed by atoms with E-state index in [0.717, 1.165) is 12.0 Å². The molecule has 1 rings (SSSR count).